The molecule has 0 atom stereocenters. The maximum atomic E-state index is 11.5. The van der Waals surface area contributed by atoms with E-state index >= 15 is 0 Å². The molecule has 0 bridgehead atoms. The minimum atomic E-state index is -3.24. The Balaban J connectivity index is 3.19. The highest BCUT2D eigenvalue weighted by atomic mass is 32.2. The Bertz CT molecular complexity index is 641. The van der Waals surface area contributed by atoms with Crippen molar-refractivity contribution in [2.24, 2.45) is 0 Å². The van der Waals surface area contributed by atoms with Crippen LogP contribution in [0, 0.1) is 0 Å². The summed E-state index contributed by atoms with van der Waals surface area (Å²) in [7, 11) is -3.24. The van der Waals surface area contributed by atoms with Gasteiger partial charge in [0.2, 0.25) is 5.88 Å². The number of hydrogen-bond acceptors (Lipinski definition) is 5. The summed E-state index contributed by atoms with van der Waals surface area (Å²) >= 11 is 0. The number of H-pyrrole nitrogens is 1. The van der Waals surface area contributed by atoms with Crippen molar-refractivity contribution in [3.8, 4) is 5.88 Å². The average molecular weight is 276 g/mol. The molecule has 2 N–H and O–H groups in total. The van der Waals surface area contributed by atoms with Gasteiger partial charge in [0.1, 0.15) is 0 Å². The van der Waals surface area contributed by atoms with Gasteiger partial charge in [0, 0.05) is 12.3 Å². The van der Waals surface area contributed by atoms with Gasteiger partial charge < -0.3 is 5.11 Å². The summed E-state index contributed by atoms with van der Waals surface area (Å²) in [6.45, 7) is 2.98. The lowest BCUT2D eigenvalue weighted by Gasteiger charge is -2.10. The monoisotopic (exact) mass is 276 g/mol. The Hall–Kier alpha value is -1.57. The van der Waals surface area contributed by atoms with E-state index in [4.69, 9.17) is 0 Å². The highest BCUT2D eigenvalue weighted by Crippen LogP contribution is 2.10. The molecule has 0 aliphatic carbocycles. The first-order valence-corrected chi connectivity index (χ1v) is 7.40. The van der Waals surface area contributed by atoms with Crippen molar-refractivity contribution in [1.82, 2.24) is 9.55 Å². The Kier molecular flexibility index (Phi) is 4.33. The second-order valence-corrected chi connectivity index (χ2v) is 6.28. The molecule has 1 aromatic heterocycles. The van der Waals surface area contributed by atoms with Gasteiger partial charge in [-0.1, -0.05) is 13.8 Å². The lowest BCUT2D eigenvalue weighted by Crippen LogP contribution is -2.33. The lowest BCUT2D eigenvalue weighted by atomic mass is 10.2. The molecule has 0 saturated carbocycles. The van der Waals surface area contributed by atoms with E-state index in [0.29, 0.717) is 0 Å². The second kappa shape index (κ2) is 5.38. The van der Waals surface area contributed by atoms with Crippen LogP contribution in [0.1, 0.15) is 19.4 Å². The van der Waals surface area contributed by atoms with Gasteiger partial charge in [0.25, 0.3) is 5.56 Å². The van der Waals surface area contributed by atoms with Crippen molar-refractivity contribution in [2.45, 2.75) is 26.8 Å². The fourth-order valence-corrected chi connectivity index (χ4v) is 2.25. The third-order valence-electron chi connectivity index (χ3n) is 2.68. The van der Waals surface area contributed by atoms with Gasteiger partial charge in [-0.15, -0.1) is 0 Å². The van der Waals surface area contributed by atoms with Crippen LogP contribution in [0.15, 0.2) is 9.59 Å². The number of aromatic hydroxyl groups is 1. The van der Waals surface area contributed by atoms with Gasteiger partial charge >= 0.3 is 5.69 Å². The molecule has 1 heterocycles. The summed E-state index contributed by atoms with van der Waals surface area (Å²) in [5, 5.41) is 9.77. The lowest BCUT2D eigenvalue weighted by molar-refractivity contribution is 0.398. The molecular formula is C10H16N2O5S. The molecule has 8 heteroatoms. The molecule has 0 spiro atoms. The zero-order valence-electron chi connectivity index (χ0n) is 10.3. The first kappa shape index (κ1) is 14.5. The van der Waals surface area contributed by atoms with Crippen LogP contribution in [0.4, 0.5) is 0 Å². The van der Waals surface area contributed by atoms with Gasteiger partial charge in [-0.3, -0.25) is 14.3 Å². The van der Waals surface area contributed by atoms with Crippen molar-refractivity contribution in [3.63, 3.8) is 0 Å². The summed E-state index contributed by atoms with van der Waals surface area (Å²) in [5.74, 6) is -0.754. The van der Waals surface area contributed by atoms with Crippen LogP contribution < -0.4 is 11.2 Å². The Morgan fingerprint density at radius 1 is 1.28 bits per heavy atom. The van der Waals surface area contributed by atoms with Crippen LogP contribution in [0.2, 0.25) is 0 Å². The zero-order chi connectivity index (χ0) is 13.9. The van der Waals surface area contributed by atoms with E-state index in [-0.39, 0.29) is 30.0 Å². The number of nitrogens with zero attached hydrogens (tertiary/aromatic N) is 1. The second-order valence-electron chi connectivity index (χ2n) is 3.80. The van der Waals surface area contributed by atoms with Crippen molar-refractivity contribution < 1.29 is 13.5 Å². The van der Waals surface area contributed by atoms with Crippen molar-refractivity contribution in [2.75, 3.05) is 11.5 Å². The summed E-state index contributed by atoms with van der Waals surface area (Å²) in [4.78, 5) is 24.9. The predicted molar refractivity (Wildman–Crippen MR) is 66.7 cm³/mol. The molecule has 0 amide bonds. The molecule has 1 aromatic rings. The highest BCUT2D eigenvalue weighted by molar-refractivity contribution is 7.91. The molecule has 18 heavy (non-hydrogen) atoms. The normalized spacial score (nSPS) is 11.7. The van der Waals surface area contributed by atoms with Crippen LogP contribution in [0.25, 0.3) is 0 Å². The number of aromatic amines is 1. The maximum absolute atomic E-state index is 11.5. The van der Waals surface area contributed by atoms with E-state index in [0.717, 1.165) is 4.57 Å². The predicted octanol–water partition coefficient (Wildman–Crippen LogP) is -0.761. The molecule has 7 nitrogen and oxygen atoms in total. The van der Waals surface area contributed by atoms with E-state index in [9.17, 15) is 23.1 Å². The fraction of sp³-hybridized carbons (Fsp3) is 0.600. The number of aromatic nitrogens is 2. The number of hydrogen-bond donors (Lipinski definition) is 2. The van der Waals surface area contributed by atoms with Gasteiger partial charge in [-0.25, -0.2) is 13.2 Å². The zero-order valence-corrected chi connectivity index (χ0v) is 11.1. The number of nitrogens with one attached hydrogen (secondary N) is 1. The molecule has 0 aromatic carbocycles. The van der Waals surface area contributed by atoms with E-state index in [2.05, 4.69) is 4.98 Å². The third-order valence-corrected chi connectivity index (χ3v) is 4.37. The largest absolute Gasteiger partial charge is 0.494 e. The van der Waals surface area contributed by atoms with Gasteiger partial charge in [0.15, 0.2) is 9.84 Å². The molecule has 0 aliphatic rings. The van der Waals surface area contributed by atoms with Gasteiger partial charge in [-0.2, -0.15) is 0 Å². The van der Waals surface area contributed by atoms with Crippen molar-refractivity contribution in [3.05, 3.63) is 26.4 Å². The fourth-order valence-electron chi connectivity index (χ4n) is 1.50. The van der Waals surface area contributed by atoms with Crippen molar-refractivity contribution in [1.29, 1.82) is 0 Å². The van der Waals surface area contributed by atoms with Crippen LogP contribution >= 0.6 is 0 Å². The maximum Gasteiger partial charge on any atom is 0.331 e. The molecule has 0 fully saturated rings. The summed E-state index contributed by atoms with van der Waals surface area (Å²) in [5.41, 5.74) is -1.38. The molecular weight excluding hydrogens is 260 g/mol. The topological polar surface area (TPSA) is 109 Å². The molecule has 0 aliphatic heterocycles. The van der Waals surface area contributed by atoms with Crippen molar-refractivity contribution >= 4 is 9.84 Å². The average Bonchev–Trinajstić information content (AvgIpc) is 2.28. The number of sulfone groups is 1. The van der Waals surface area contributed by atoms with E-state index < -0.39 is 27.0 Å². The Morgan fingerprint density at radius 2 is 1.89 bits per heavy atom. The summed E-state index contributed by atoms with van der Waals surface area (Å²) in [6, 6.07) is 0. The first-order chi connectivity index (χ1) is 8.32. The van der Waals surface area contributed by atoms with Crippen LogP contribution in [-0.2, 0) is 22.8 Å². The molecule has 0 unspecified atom stereocenters. The first-order valence-electron chi connectivity index (χ1n) is 5.57. The summed E-state index contributed by atoms with van der Waals surface area (Å²) in [6.07, 6.45) is 0.252. The van der Waals surface area contributed by atoms with Crippen LogP contribution in [0.5, 0.6) is 5.88 Å². The van der Waals surface area contributed by atoms with Gasteiger partial charge in [0.05, 0.1) is 11.3 Å². The molecule has 1 rings (SSSR count). The smallest absolute Gasteiger partial charge is 0.331 e. The SMILES string of the molecule is CCc1c(O)n(CCS(=O)(=O)CC)c(=O)[nH]c1=O. The third kappa shape index (κ3) is 3.00. The highest BCUT2D eigenvalue weighted by Gasteiger charge is 2.15. The number of rotatable bonds is 5. The molecule has 102 valence electrons. The van der Waals surface area contributed by atoms with Crippen LogP contribution in [0.3, 0.4) is 0 Å². The Labute approximate surface area is 104 Å². The summed E-state index contributed by atoms with van der Waals surface area (Å²) < 4.78 is 23.6. The molecule has 0 radical (unpaired) electrons. The van der Waals surface area contributed by atoms with E-state index in [1.54, 1.807) is 6.92 Å². The van der Waals surface area contributed by atoms with Gasteiger partial charge in [-0.05, 0) is 6.42 Å². The van der Waals surface area contributed by atoms with E-state index in [1.165, 1.54) is 6.92 Å². The Morgan fingerprint density at radius 3 is 2.39 bits per heavy atom. The quantitative estimate of drug-likeness (QED) is 0.734. The standard InChI is InChI=1S/C10H16N2O5S/c1-3-7-8(13)11-10(15)12(9(7)14)5-6-18(16,17)4-2/h14H,3-6H2,1-2H3,(H,11,13,15). The minimum absolute atomic E-state index is 0.0352. The molecule has 0 saturated heterocycles. The van der Waals surface area contributed by atoms with E-state index in [1.807, 2.05) is 0 Å². The minimum Gasteiger partial charge on any atom is -0.494 e. The van der Waals surface area contributed by atoms with Crippen LogP contribution in [-0.4, -0.2) is 34.6 Å².